The first-order valence-electron chi connectivity index (χ1n) is 10.8. The highest BCUT2D eigenvalue weighted by atomic mass is 32.2. The minimum Gasteiger partial charge on any atom is -0.497 e. The Morgan fingerprint density at radius 3 is 2.31 bits per heavy atom. The fraction of sp³-hybridized carbons (Fsp3) is 0.583. The molecule has 0 spiro atoms. The van der Waals surface area contributed by atoms with Gasteiger partial charge in [-0.2, -0.15) is 0 Å². The molecule has 1 fully saturated rings. The average Bonchev–Trinajstić information content (AvgIpc) is 2.64. The maximum atomic E-state index is 12.7. The fourth-order valence-corrected chi connectivity index (χ4v) is 2.90. The number of ether oxygens (including phenoxy) is 1. The van der Waals surface area contributed by atoms with E-state index in [1.54, 1.807) is 18.0 Å². The van der Waals surface area contributed by atoms with Crippen molar-refractivity contribution < 1.29 is 9.13 Å². The van der Waals surface area contributed by atoms with Gasteiger partial charge in [-0.15, -0.1) is 6.58 Å². The molecule has 1 saturated carbocycles. The van der Waals surface area contributed by atoms with E-state index in [-0.39, 0.29) is 5.82 Å². The summed E-state index contributed by atoms with van der Waals surface area (Å²) in [4.78, 5) is 0. The summed E-state index contributed by atoms with van der Waals surface area (Å²) >= 11 is 1.73. The lowest BCUT2D eigenvalue weighted by Gasteiger charge is -2.08. The predicted molar refractivity (Wildman–Crippen MR) is 128 cm³/mol. The molecule has 0 atom stereocenters. The van der Waals surface area contributed by atoms with E-state index in [9.17, 15) is 4.39 Å². The first-order chi connectivity index (χ1) is 14.1. The van der Waals surface area contributed by atoms with Crippen LogP contribution in [0.3, 0.4) is 0 Å². The highest BCUT2D eigenvalue weighted by Gasteiger charge is 1.96. The highest BCUT2D eigenvalue weighted by Crippen LogP contribution is 2.15. The molecule has 1 aliphatic rings. The number of allylic oxidation sites excluding steroid dienone is 1. The van der Waals surface area contributed by atoms with Gasteiger partial charge in [-0.25, -0.2) is 4.39 Å². The number of hydrogen-bond donors (Lipinski definition) is 2. The molecule has 2 rings (SSSR count). The van der Waals surface area contributed by atoms with Gasteiger partial charge in [-0.05, 0) is 50.9 Å². The summed E-state index contributed by atoms with van der Waals surface area (Å²) in [5.74, 6) is 1.71. The summed E-state index contributed by atoms with van der Waals surface area (Å²) in [6, 6.07) is 6.61. The van der Waals surface area contributed by atoms with E-state index >= 15 is 0 Å². The first kappa shape index (κ1) is 27.7. The molecular weight excluding hydrogens is 383 g/mol. The Bertz CT molecular complexity index is 500. The Morgan fingerprint density at radius 1 is 1.14 bits per heavy atom. The molecule has 0 unspecified atom stereocenters. The van der Waals surface area contributed by atoms with Crippen molar-refractivity contribution >= 4 is 11.9 Å². The number of hydrogen-bond acceptors (Lipinski definition) is 4. The van der Waals surface area contributed by atoms with E-state index < -0.39 is 0 Å². The van der Waals surface area contributed by atoms with E-state index in [2.05, 4.69) is 23.2 Å². The van der Waals surface area contributed by atoms with Crippen LogP contribution in [0.2, 0.25) is 0 Å². The molecule has 0 amide bonds. The van der Waals surface area contributed by atoms with E-state index in [0.717, 1.165) is 43.1 Å². The van der Waals surface area contributed by atoms with Crippen molar-refractivity contribution in [3.63, 3.8) is 0 Å². The number of halogens is 1. The van der Waals surface area contributed by atoms with Gasteiger partial charge in [0.2, 0.25) is 0 Å². The Labute approximate surface area is 182 Å². The molecule has 166 valence electrons. The van der Waals surface area contributed by atoms with Gasteiger partial charge in [0, 0.05) is 12.3 Å². The van der Waals surface area contributed by atoms with Gasteiger partial charge in [0.1, 0.15) is 11.6 Å². The van der Waals surface area contributed by atoms with Crippen LogP contribution in [0.15, 0.2) is 49.3 Å². The van der Waals surface area contributed by atoms with Crippen LogP contribution in [0.25, 0.3) is 0 Å². The predicted octanol–water partition coefficient (Wildman–Crippen LogP) is 6.63. The largest absolute Gasteiger partial charge is 0.497 e. The Kier molecular flexibility index (Phi) is 20.5. The topological polar surface area (TPSA) is 33.3 Å². The van der Waals surface area contributed by atoms with Crippen molar-refractivity contribution in [3.8, 4) is 0 Å². The summed E-state index contributed by atoms with van der Waals surface area (Å²) in [5, 5.41) is 3.32. The van der Waals surface area contributed by atoms with Crippen molar-refractivity contribution in [2.24, 2.45) is 0 Å². The van der Waals surface area contributed by atoms with Crippen LogP contribution in [0, 0.1) is 5.82 Å². The Hall–Kier alpha value is -1.30. The van der Waals surface area contributed by atoms with Crippen LogP contribution in [-0.4, -0.2) is 25.4 Å². The van der Waals surface area contributed by atoms with Gasteiger partial charge < -0.3 is 10.1 Å². The summed E-state index contributed by atoms with van der Waals surface area (Å²) in [6.45, 7) is 14.2. The maximum Gasteiger partial charge on any atom is 0.123 e. The fourth-order valence-electron chi connectivity index (χ4n) is 2.14. The first-order valence-corrected chi connectivity index (χ1v) is 11.8. The maximum absolute atomic E-state index is 12.7. The molecular formula is C24H41FN2OS. The normalized spacial score (nSPS) is 11.8. The number of unbranched alkanes of at least 4 members (excludes halogenated alkanes) is 2. The van der Waals surface area contributed by atoms with Gasteiger partial charge in [-0.1, -0.05) is 68.8 Å². The Balaban J connectivity index is 0.000000946. The van der Waals surface area contributed by atoms with Crippen molar-refractivity contribution in [3.05, 3.63) is 60.6 Å². The van der Waals surface area contributed by atoms with Gasteiger partial charge in [-0.3, -0.25) is 4.72 Å². The molecule has 29 heavy (non-hydrogen) atoms. The van der Waals surface area contributed by atoms with Gasteiger partial charge >= 0.3 is 0 Å². The zero-order valence-corrected chi connectivity index (χ0v) is 19.3. The molecule has 0 radical (unpaired) electrons. The van der Waals surface area contributed by atoms with Crippen LogP contribution in [0.5, 0.6) is 0 Å². The molecule has 2 N–H and O–H groups in total. The van der Waals surface area contributed by atoms with Crippen LogP contribution in [-0.2, 0) is 11.3 Å². The van der Waals surface area contributed by atoms with Crippen molar-refractivity contribution in [1.82, 2.24) is 10.0 Å². The van der Waals surface area contributed by atoms with Gasteiger partial charge in [0.15, 0.2) is 0 Å². The smallest absolute Gasteiger partial charge is 0.123 e. The van der Waals surface area contributed by atoms with Crippen molar-refractivity contribution in [1.29, 1.82) is 0 Å². The second kappa shape index (κ2) is 21.4. The van der Waals surface area contributed by atoms with Gasteiger partial charge in [0.05, 0.1) is 13.2 Å². The number of rotatable bonds is 13. The molecule has 1 aliphatic carbocycles. The molecule has 1 aromatic rings. The third-order valence-electron chi connectivity index (χ3n) is 4.06. The number of benzene rings is 1. The molecule has 3 nitrogen and oxygen atoms in total. The summed E-state index contributed by atoms with van der Waals surface area (Å²) < 4.78 is 21.3. The lowest BCUT2D eigenvalue weighted by molar-refractivity contribution is 0.222. The lowest BCUT2D eigenvalue weighted by Crippen LogP contribution is -2.19. The molecule has 1 aromatic carbocycles. The quantitative estimate of drug-likeness (QED) is 0.161. The second-order valence-corrected chi connectivity index (χ2v) is 7.81. The van der Waals surface area contributed by atoms with Crippen LogP contribution in [0.4, 0.5) is 4.39 Å². The second-order valence-electron chi connectivity index (χ2n) is 6.83. The van der Waals surface area contributed by atoms with Crippen molar-refractivity contribution in [2.45, 2.75) is 65.3 Å². The Morgan fingerprint density at radius 2 is 1.76 bits per heavy atom. The molecule has 0 heterocycles. The minimum atomic E-state index is -0.185. The standard InChI is InChI=1S/C17H27FN2OS.C4H8.C3H6/c1-3-21-15(2)13-19-11-5-4-6-12-22-20-14-16-7-9-17(18)10-8-16;1-2-4-3-1;1-3-2/h7-10,19-20H,2-6,11-14H2,1H3;1-4H2;3H,1H2,2H3. The van der Waals surface area contributed by atoms with Crippen LogP contribution < -0.4 is 10.0 Å². The zero-order valence-electron chi connectivity index (χ0n) is 18.5. The van der Waals surface area contributed by atoms with Crippen LogP contribution in [0.1, 0.15) is 64.4 Å². The third kappa shape index (κ3) is 19.8. The minimum absolute atomic E-state index is 0.185. The lowest BCUT2D eigenvalue weighted by atomic mass is 10.0. The summed E-state index contributed by atoms with van der Waals surface area (Å²) in [6.07, 6.45) is 11.3. The average molecular weight is 425 g/mol. The monoisotopic (exact) mass is 424 g/mol. The molecule has 0 aromatic heterocycles. The van der Waals surface area contributed by atoms with Gasteiger partial charge in [0.25, 0.3) is 0 Å². The van der Waals surface area contributed by atoms with Crippen molar-refractivity contribution in [2.75, 3.05) is 25.4 Å². The molecule has 5 heteroatoms. The third-order valence-corrected chi connectivity index (χ3v) is 4.90. The van der Waals surface area contributed by atoms with E-state index in [0.29, 0.717) is 6.61 Å². The summed E-state index contributed by atoms with van der Waals surface area (Å²) in [5.41, 5.74) is 1.10. The highest BCUT2D eigenvalue weighted by molar-refractivity contribution is 7.97. The van der Waals surface area contributed by atoms with Crippen LogP contribution >= 0.6 is 11.9 Å². The van der Waals surface area contributed by atoms with E-state index in [4.69, 9.17) is 4.74 Å². The molecule has 0 bridgehead atoms. The van der Waals surface area contributed by atoms with E-state index in [1.807, 2.05) is 26.0 Å². The zero-order chi connectivity index (χ0) is 21.6. The SMILES string of the molecule is C1CCC1.C=C(CNCCCCCSNCc1ccc(F)cc1)OCC.C=CC. The molecule has 0 saturated heterocycles. The number of nitrogens with one attached hydrogen (secondary N) is 2. The van der Waals surface area contributed by atoms with E-state index in [1.165, 1.54) is 50.7 Å². The summed E-state index contributed by atoms with van der Waals surface area (Å²) in [7, 11) is 0. The molecule has 0 aliphatic heterocycles.